The van der Waals surface area contributed by atoms with E-state index in [1.54, 1.807) is 18.4 Å². The molecule has 2 aromatic heterocycles. The Balaban J connectivity index is 1.25. The highest BCUT2D eigenvalue weighted by Crippen LogP contribution is 2.40. The minimum Gasteiger partial charge on any atom is -0.497 e. The van der Waals surface area contributed by atoms with Gasteiger partial charge in [0.25, 0.3) is 5.91 Å². The number of nitrogens with zero attached hydrogens (tertiary/aromatic N) is 3. The van der Waals surface area contributed by atoms with Gasteiger partial charge in [0.05, 0.1) is 13.7 Å². The van der Waals surface area contributed by atoms with Crippen molar-refractivity contribution in [3.05, 3.63) is 70.4 Å². The number of aromatic nitrogens is 2. The van der Waals surface area contributed by atoms with E-state index in [1.807, 2.05) is 36.7 Å². The van der Waals surface area contributed by atoms with Crippen LogP contribution >= 0.6 is 11.3 Å². The van der Waals surface area contributed by atoms with Gasteiger partial charge in [-0.2, -0.15) is 11.3 Å². The van der Waals surface area contributed by atoms with Crippen molar-refractivity contribution in [2.75, 3.05) is 20.2 Å². The van der Waals surface area contributed by atoms with Crippen LogP contribution in [0.1, 0.15) is 29.8 Å². The number of ether oxygens (including phenoxy) is 2. The lowest BCUT2D eigenvalue weighted by atomic mass is 9.88. The average Bonchev–Trinajstić information content (AvgIpc) is 3.52. The van der Waals surface area contributed by atoms with Gasteiger partial charge in [-0.3, -0.25) is 9.69 Å². The fraction of sp³-hybridized carbons (Fsp3) is 0.417. The van der Waals surface area contributed by atoms with Crippen LogP contribution in [-0.4, -0.2) is 46.7 Å². The van der Waals surface area contributed by atoms with E-state index in [2.05, 4.69) is 36.6 Å². The molecule has 1 N–H and O–H groups in total. The maximum atomic E-state index is 13.0. The Bertz CT molecular complexity index is 1060. The van der Waals surface area contributed by atoms with E-state index < -0.39 is 11.7 Å². The molecule has 1 saturated heterocycles. The number of nitrogens with one attached hydrogen (secondary N) is 1. The van der Waals surface area contributed by atoms with Gasteiger partial charge in [-0.1, -0.05) is 12.1 Å². The second-order valence-corrected chi connectivity index (χ2v) is 9.26. The largest absolute Gasteiger partial charge is 0.497 e. The van der Waals surface area contributed by atoms with E-state index in [1.165, 1.54) is 5.56 Å². The maximum absolute atomic E-state index is 13.0. The molecular weight excluding hydrogens is 424 g/mol. The molecule has 5 rings (SSSR count). The van der Waals surface area contributed by atoms with Gasteiger partial charge in [0.15, 0.2) is 6.10 Å². The van der Waals surface area contributed by atoms with Crippen LogP contribution in [0, 0.1) is 0 Å². The molecule has 0 saturated carbocycles. The number of hydrogen-bond donors (Lipinski definition) is 1. The Kier molecular flexibility index (Phi) is 5.99. The molecule has 4 heterocycles. The lowest BCUT2D eigenvalue weighted by Gasteiger charge is -2.45. The van der Waals surface area contributed by atoms with Gasteiger partial charge < -0.3 is 19.4 Å². The Morgan fingerprint density at radius 3 is 2.97 bits per heavy atom. The molecule has 1 fully saturated rings. The third kappa shape index (κ3) is 4.30. The molecule has 1 atom stereocenters. The normalized spacial score (nSPS) is 20.1. The van der Waals surface area contributed by atoms with Crippen molar-refractivity contribution < 1.29 is 14.3 Å². The van der Waals surface area contributed by atoms with Gasteiger partial charge in [0, 0.05) is 38.6 Å². The summed E-state index contributed by atoms with van der Waals surface area (Å²) >= 11 is 1.73. The van der Waals surface area contributed by atoms with Gasteiger partial charge >= 0.3 is 0 Å². The zero-order valence-corrected chi connectivity index (χ0v) is 19.0. The number of fused-ring (bicyclic) bond motifs is 2. The van der Waals surface area contributed by atoms with E-state index in [-0.39, 0.29) is 5.91 Å². The minimum atomic E-state index is -0.536. The number of rotatable bonds is 6. The van der Waals surface area contributed by atoms with Gasteiger partial charge in [-0.15, -0.1) is 0 Å². The van der Waals surface area contributed by atoms with Crippen molar-refractivity contribution in [2.45, 2.75) is 44.2 Å². The van der Waals surface area contributed by atoms with E-state index in [0.717, 1.165) is 49.6 Å². The number of piperidine rings is 1. The van der Waals surface area contributed by atoms with Crippen molar-refractivity contribution in [1.29, 1.82) is 0 Å². The van der Waals surface area contributed by atoms with E-state index in [4.69, 9.17) is 9.47 Å². The van der Waals surface area contributed by atoms with Gasteiger partial charge in [0.2, 0.25) is 0 Å². The molecule has 1 aromatic carbocycles. The van der Waals surface area contributed by atoms with Crippen LogP contribution in [0.4, 0.5) is 0 Å². The summed E-state index contributed by atoms with van der Waals surface area (Å²) in [5, 5.41) is 7.37. The molecule has 168 valence electrons. The number of amides is 1. The summed E-state index contributed by atoms with van der Waals surface area (Å²) in [5.74, 6) is 1.64. The number of hydrogen-bond acceptors (Lipinski definition) is 6. The third-order valence-electron chi connectivity index (χ3n) is 6.40. The Morgan fingerprint density at radius 1 is 1.31 bits per heavy atom. The fourth-order valence-corrected chi connectivity index (χ4v) is 5.33. The first-order chi connectivity index (χ1) is 15.6. The van der Waals surface area contributed by atoms with E-state index in [0.29, 0.717) is 13.1 Å². The molecule has 2 aliphatic heterocycles. The average molecular weight is 453 g/mol. The van der Waals surface area contributed by atoms with Gasteiger partial charge in [-0.05, 0) is 52.9 Å². The zero-order valence-electron chi connectivity index (χ0n) is 18.2. The quantitative estimate of drug-likeness (QED) is 0.622. The summed E-state index contributed by atoms with van der Waals surface area (Å²) in [7, 11) is 1.64. The molecule has 32 heavy (non-hydrogen) atoms. The first-order valence-electron chi connectivity index (χ1n) is 11.0. The summed E-state index contributed by atoms with van der Waals surface area (Å²) in [4.78, 5) is 20.1. The lowest BCUT2D eigenvalue weighted by Crippen LogP contribution is -2.53. The Morgan fingerprint density at radius 2 is 2.19 bits per heavy atom. The molecule has 2 aliphatic rings. The van der Waals surface area contributed by atoms with Gasteiger partial charge in [0.1, 0.15) is 17.2 Å². The molecule has 3 aromatic rings. The lowest BCUT2D eigenvalue weighted by molar-refractivity contribution is -0.174. The summed E-state index contributed by atoms with van der Waals surface area (Å²) in [6.45, 7) is 3.72. The fourth-order valence-electron chi connectivity index (χ4n) is 4.67. The van der Waals surface area contributed by atoms with Crippen molar-refractivity contribution in [1.82, 2.24) is 19.8 Å². The van der Waals surface area contributed by atoms with E-state index in [9.17, 15) is 4.79 Å². The van der Waals surface area contributed by atoms with Crippen molar-refractivity contribution in [3.63, 3.8) is 0 Å². The highest BCUT2D eigenvalue weighted by Gasteiger charge is 2.47. The van der Waals surface area contributed by atoms with Crippen LogP contribution < -0.4 is 10.1 Å². The number of imidazole rings is 1. The molecule has 7 nitrogen and oxygen atoms in total. The number of methoxy groups -OCH3 is 1. The third-order valence-corrected chi connectivity index (χ3v) is 7.13. The number of thiophene rings is 1. The molecule has 1 spiro atoms. The Labute approximate surface area is 192 Å². The molecule has 0 bridgehead atoms. The predicted molar refractivity (Wildman–Crippen MR) is 122 cm³/mol. The highest BCUT2D eigenvalue weighted by atomic mass is 32.1. The van der Waals surface area contributed by atoms with Crippen molar-refractivity contribution in [2.24, 2.45) is 0 Å². The van der Waals surface area contributed by atoms with Crippen molar-refractivity contribution in [3.8, 4) is 5.75 Å². The minimum absolute atomic E-state index is 0.0905. The molecule has 1 amide bonds. The first kappa shape index (κ1) is 21.2. The molecule has 8 heteroatoms. The van der Waals surface area contributed by atoms with Gasteiger partial charge in [-0.25, -0.2) is 4.98 Å². The summed E-state index contributed by atoms with van der Waals surface area (Å²) in [6.07, 6.45) is 4.89. The molecule has 0 aliphatic carbocycles. The first-order valence-corrected chi connectivity index (χ1v) is 11.9. The van der Waals surface area contributed by atoms with Crippen molar-refractivity contribution >= 4 is 17.2 Å². The van der Waals surface area contributed by atoms with Crippen LogP contribution in [0.25, 0.3) is 0 Å². The topological polar surface area (TPSA) is 68.6 Å². The summed E-state index contributed by atoms with van der Waals surface area (Å²) in [6, 6.07) is 9.91. The molecule has 0 radical (unpaired) electrons. The van der Waals surface area contributed by atoms with Crippen LogP contribution in [0.5, 0.6) is 5.75 Å². The second kappa shape index (κ2) is 9.05. The summed E-state index contributed by atoms with van der Waals surface area (Å²) < 4.78 is 13.9. The molecule has 0 unspecified atom stereocenters. The standard InChI is InChI=1S/C24H28N4O3S/c1-30-20-4-2-3-18(13-20)14-26-22(29)21-16-28-11-8-25-23(28)24(31-21)6-9-27(10-7-24)15-19-5-12-32-17-19/h2-5,8,11-13,17,21H,6-7,9-10,14-16H2,1H3,(H,26,29)/t21-/m0/s1. The second-order valence-electron chi connectivity index (χ2n) is 8.48. The predicted octanol–water partition coefficient (Wildman–Crippen LogP) is 3.16. The zero-order chi connectivity index (χ0) is 22.0. The van der Waals surface area contributed by atoms with Crippen LogP contribution in [0.3, 0.4) is 0 Å². The van der Waals surface area contributed by atoms with Crippen LogP contribution in [-0.2, 0) is 34.8 Å². The molecular formula is C24H28N4O3S. The number of carbonyl (C=O) groups is 1. The van der Waals surface area contributed by atoms with E-state index >= 15 is 0 Å². The van der Waals surface area contributed by atoms with Crippen LogP contribution in [0.15, 0.2) is 53.5 Å². The number of likely N-dealkylation sites (tertiary alicyclic amines) is 1. The van der Waals surface area contributed by atoms with Crippen LogP contribution in [0.2, 0.25) is 0 Å². The maximum Gasteiger partial charge on any atom is 0.251 e. The monoisotopic (exact) mass is 452 g/mol. The SMILES string of the molecule is COc1cccc(CNC(=O)[C@@H]2Cn3ccnc3C3(CCN(Cc4ccsc4)CC3)O2)c1. The summed E-state index contributed by atoms with van der Waals surface area (Å²) in [5.41, 5.74) is 1.84. The smallest absolute Gasteiger partial charge is 0.251 e. The number of carbonyl (C=O) groups excluding carboxylic acids is 1. The highest BCUT2D eigenvalue weighted by molar-refractivity contribution is 7.07. The number of benzene rings is 1. The Hall–Kier alpha value is -2.68.